The second-order valence-corrected chi connectivity index (χ2v) is 3.95. The van der Waals surface area contributed by atoms with Crippen LogP contribution >= 0.6 is 0 Å². The molecule has 90 valence electrons. The summed E-state index contributed by atoms with van der Waals surface area (Å²) in [6.45, 7) is 9.65. The Hall–Kier alpha value is -1.84. The van der Waals surface area contributed by atoms with Crippen LogP contribution in [-0.2, 0) is 0 Å². The van der Waals surface area contributed by atoms with Crippen molar-refractivity contribution in [1.29, 1.82) is 0 Å². The zero-order valence-electron chi connectivity index (χ0n) is 11.0. The van der Waals surface area contributed by atoms with Gasteiger partial charge in [-0.2, -0.15) is 0 Å². The van der Waals surface area contributed by atoms with Gasteiger partial charge in [-0.1, -0.05) is 0 Å². The predicted octanol–water partition coefficient (Wildman–Crippen LogP) is 2.50. The zero-order valence-corrected chi connectivity index (χ0v) is 11.0. The van der Waals surface area contributed by atoms with Crippen LogP contribution in [0.5, 0.6) is 0 Å². The minimum atomic E-state index is 0.792. The normalized spacial score (nSPS) is 9.47. The van der Waals surface area contributed by atoms with Gasteiger partial charge in [0.1, 0.15) is 17.5 Å². The van der Waals surface area contributed by atoms with E-state index in [9.17, 15) is 0 Å². The van der Waals surface area contributed by atoms with Gasteiger partial charge >= 0.3 is 0 Å². The summed E-state index contributed by atoms with van der Waals surface area (Å²) in [4.78, 5) is 16.1. The minimum absolute atomic E-state index is 0.792. The summed E-state index contributed by atoms with van der Waals surface area (Å²) in [7, 11) is 0. The lowest BCUT2D eigenvalue weighted by Gasteiger charge is -1.94. The Balaban J connectivity index is 0.000000171. The largest absolute Gasteiger partial charge is 0.262 e. The summed E-state index contributed by atoms with van der Waals surface area (Å²) < 4.78 is 0. The molecule has 4 nitrogen and oxygen atoms in total. The molecule has 0 spiro atoms. The van der Waals surface area contributed by atoms with E-state index in [0.717, 1.165) is 23.2 Å². The third-order valence-electron chi connectivity index (χ3n) is 2.02. The van der Waals surface area contributed by atoms with Crippen molar-refractivity contribution in [3.05, 3.63) is 47.1 Å². The predicted molar refractivity (Wildman–Crippen MR) is 67.7 cm³/mol. The van der Waals surface area contributed by atoms with Crippen molar-refractivity contribution in [3.8, 4) is 0 Å². The highest BCUT2D eigenvalue weighted by Gasteiger charge is 1.91. The summed E-state index contributed by atoms with van der Waals surface area (Å²) in [5.41, 5.74) is 2.36. The maximum absolute atomic E-state index is 4.04. The van der Waals surface area contributed by atoms with Crippen molar-refractivity contribution in [2.45, 2.75) is 34.6 Å². The molecule has 0 atom stereocenters. The molecule has 0 saturated carbocycles. The van der Waals surface area contributed by atoms with Gasteiger partial charge in [-0.3, -0.25) is 4.98 Å². The van der Waals surface area contributed by atoms with Gasteiger partial charge < -0.3 is 0 Å². The van der Waals surface area contributed by atoms with Gasteiger partial charge in [0.15, 0.2) is 0 Å². The van der Waals surface area contributed by atoms with Gasteiger partial charge in [0, 0.05) is 11.9 Å². The van der Waals surface area contributed by atoms with Crippen LogP contribution in [0.15, 0.2) is 18.3 Å². The molecule has 0 fully saturated rings. The van der Waals surface area contributed by atoms with E-state index in [4.69, 9.17) is 0 Å². The lowest BCUT2D eigenvalue weighted by molar-refractivity contribution is 0.875. The zero-order chi connectivity index (χ0) is 12.8. The van der Waals surface area contributed by atoms with Crippen molar-refractivity contribution < 1.29 is 0 Å². The highest BCUT2D eigenvalue weighted by molar-refractivity contribution is 5.12. The first-order valence-corrected chi connectivity index (χ1v) is 5.52. The number of aryl methyl sites for hydroxylation is 5. The maximum atomic E-state index is 4.04. The number of rotatable bonds is 0. The molecule has 2 rings (SSSR count). The van der Waals surface area contributed by atoms with E-state index in [-0.39, 0.29) is 0 Å². The van der Waals surface area contributed by atoms with Crippen molar-refractivity contribution in [2.75, 3.05) is 0 Å². The van der Waals surface area contributed by atoms with Crippen LogP contribution in [0, 0.1) is 34.6 Å². The van der Waals surface area contributed by atoms with Crippen LogP contribution in [0.4, 0.5) is 0 Å². The van der Waals surface area contributed by atoms with Gasteiger partial charge in [-0.15, -0.1) is 0 Å². The van der Waals surface area contributed by atoms with Crippen LogP contribution < -0.4 is 0 Å². The molecule has 0 unspecified atom stereocenters. The Morgan fingerprint density at radius 3 is 1.53 bits per heavy atom. The molecule has 0 saturated heterocycles. The monoisotopic (exact) mass is 230 g/mol. The average Bonchev–Trinajstić information content (AvgIpc) is 2.15. The number of pyridine rings is 1. The highest BCUT2D eigenvalue weighted by atomic mass is 15.0. The molecule has 0 aromatic carbocycles. The molecule has 4 heteroatoms. The number of nitrogens with zero attached hydrogens (tertiary/aromatic N) is 4. The topological polar surface area (TPSA) is 51.6 Å². The first-order valence-electron chi connectivity index (χ1n) is 5.52. The summed E-state index contributed by atoms with van der Waals surface area (Å²) in [5, 5.41) is 0. The summed E-state index contributed by atoms with van der Waals surface area (Å²) >= 11 is 0. The summed E-state index contributed by atoms with van der Waals surface area (Å²) in [5.74, 6) is 2.38. The van der Waals surface area contributed by atoms with Gasteiger partial charge in [0.2, 0.25) is 0 Å². The van der Waals surface area contributed by atoms with E-state index in [2.05, 4.69) is 32.9 Å². The smallest absolute Gasteiger partial charge is 0.129 e. The van der Waals surface area contributed by atoms with E-state index in [1.165, 1.54) is 5.56 Å². The lowest BCUT2D eigenvalue weighted by atomic mass is 10.3. The second kappa shape index (κ2) is 6.03. The van der Waals surface area contributed by atoms with Crippen molar-refractivity contribution in [1.82, 2.24) is 19.9 Å². The number of hydrogen-bond donors (Lipinski definition) is 0. The second-order valence-electron chi connectivity index (χ2n) is 3.95. The molecule has 0 bridgehead atoms. The molecule has 17 heavy (non-hydrogen) atoms. The summed E-state index contributed by atoms with van der Waals surface area (Å²) in [6.07, 6.45) is 1.82. The quantitative estimate of drug-likeness (QED) is 0.697. The molecule has 2 aromatic heterocycles. The van der Waals surface area contributed by atoms with Crippen LogP contribution in [0.1, 0.15) is 28.7 Å². The Labute approximate surface area is 102 Å². The fourth-order valence-corrected chi connectivity index (χ4v) is 1.46. The van der Waals surface area contributed by atoms with E-state index in [1.807, 2.05) is 40.0 Å². The molecule has 0 radical (unpaired) electrons. The Morgan fingerprint density at radius 1 is 0.765 bits per heavy atom. The third-order valence-corrected chi connectivity index (χ3v) is 2.02. The highest BCUT2D eigenvalue weighted by Crippen LogP contribution is 1.96. The Morgan fingerprint density at radius 2 is 1.24 bits per heavy atom. The lowest BCUT2D eigenvalue weighted by Crippen LogP contribution is -1.97. The molecule has 0 aliphatic heterocycles. The molecule has 0 amide bonds. The first kappa shape index (κ1) is 13.2. The van der Waals surface area contributed by atoms with Crippen molar-refractivity contribution in [2.24, 2.45) is 0 Å². The first-order chi connectivity index (χ1) is 7.97. The van der Waals surface area contributed by atoms with E-state index in [0.29, 0.717) is 0 Å². The maximum Gasteiger partial charge on any atom is 0.129 e. The number of hydrogen-bond acceptors (Lipinski definition) is 4. The van der Waals surface area contributed by atoms with Crippen LogP contribution in [0.25, 0.3) is 0 Å². The van der Waals surface area contributed by atoms with Gasteiger partial charge in [-0.25, -0.2) is 15.0 Å². The fraction of sp³-hybridized carbons (Fsp3) is 0.385. The fourth-order valence-electron chi connectivity index (χ4n) is 1.46. The van der Waals surface area contributed by atoms with Crippen LogP contribution in [0.2, 0.25) is 0 Å². The van der Waals surface area contributed by atoms with Gasteiger partial charge in [-0.05, 0) is 52.3 Å². The molecule has 0 aliphatic rings. The average molecular weight is 230 g/mol. The number of aromatic nitrogens is 4. The van der Waals surface area contributed by atoms with Crippen LogP contribution in [-0.4, -0.2) is 19.9 Å². The Kier molecular flexibility index (Phi) is 4.69. The molecular weight excluding hydrogens is 212 g/mol. The molecule has 0 aliphatic carbocycles. The molecule has 2 aromatic rings. The van der Waals surface area contributed by atoms with Crippen LogP contribution in [0.3, 0.4) is 0 Å². The van der Waals surface area contributed by atoms with Gasteiger partial charge in [0.25, 0.3) is 0 Å². The van der Waals surface area contributed by atoms with E-state index in [1.54, 1.807) is 0 Å². The molecular formula is C13H18N4. The standard InChI is InChI=1S/C7H9N.C6H9N3/c1-6-3-4-8-7(2)5-6;1-4-7-5(2)9-6(3)8-4/h3-5H,1-2H3;1-3H3. The third kappa shape index (κ3) is 5.15. The van der Waals surface area contributed by atoms with Crippen molar-refractivity contribution in [3.63, 3.8) is 0 Å². The van der Waals surface area contributed by atoms with Crippen molar-refractivity contribution >= 4 is 0 Å². The summed E-state index contributed by atoms with van der Waals surface area (Å²) in [6, 6.07) is 4.05. The van der Waals surface area contributed by atoms with E-state index >= 15 is 0 Å². The SMILES string of the molecule is Cc1ccnc(C)c1.Cc1nc(C)nc(C)n1. The van der Waals surface area contributed by atoms with E-state index < -0.39 is 0 Å². The molecule has 2 heterocycles. The minimum Gasteiger partial charge on any atom is -0.262 e. The molecule has 0 N–H and O–H groups in total. The Bertz CT molecular complexity index is 427. The van der Waals surface area contributed by atoms with Gasteiger partial charge in [0.05, 0.1) is 0 Å².